The predicted molar refractivity (Wildman–Crippen MR) is 117 cm³/mol. The number of carbonyl (C=O) groups excluding carboxylic acids is 1. The smallest absolute Gasteiger partial charge is 0.411 e. The number of carbonyl (C=O) groups is 2. The highest BCUT2D eigenvalue weighted by Crippen LogP contribution is 2.47. The summed E-state index contributed by atoms with van der Waals surface area (Å²) in [5.41, 5.74) is 5.00. The molecule has 1 amide bonds. The zero-order chi connectivity index (χ0) is 21.3. The molecule has 0 aliphatic heterocycles. The molecule has 7 heteroatoms. The van der Waals surface area contributed by atoms with Gasteiger partial charge in [0.25, 0.3) is 0 Å². The minimum atomic E-state index is -1.03. The van der Waals surface area contributed by atoms with E-state index < -0.39 is 12.1 Å². The molecule has 0 saturated carbocycles. The van der Waals surface area contributed by atoms with E-state index in [0.29, 0.717) is 22.2 Å². The molecule has 0 saturated heterocycles. The molecule has 0 atom stereocenters. The number of halogens is 2. The summed E-state index contributed by atoms with van der Waals surface area (Å²) in [6, 6.07) is 17.5. The number of fused-ring (bicyclic) bond motifs is 3. The number of rotatable bonds is 5. The lowest BCUT2D eigenvalue weighted by Gasteiger charge is -2.14. The largest absolute Gasteiger partial charge is 0.478 e. The summed E-state index contributed by atoms with van der Waals surface area (Å²) in [6.07, 6.45) is -0.0276. The number of hydrogen-bond donors (Lipinski definition) is 2. The fourth-order valence-corrected chi connectivity index (χ4v) is 4.09. The van der Waals surface area contributed by atoms with Crippen molar-refractivity contribution in [1.82, 2.24) is 0 Å². The van der Waals surface area contributed by atoms with Crippen LogP contribution in [0.1, 0.15) is 33.8 Å². The van der Waals surface area contributed by atoms with Crippen LogP contribution in [0.2, 0.25) is 10.0 Å². The van der Waals surface area contributed by atoms with Crippen LogP contribution < -0.4 is 5.32 Å². The molecule has 1 aliphatic rings. The Morgan fingerprint density at radius 1 is 0.900 bits per heavy atom. The van der Waals surface area contributed by atoms with Gasteiger partial charge in [-0.05, 0) is 77.2 Å². The Balaban J connectivity index is 1.42. The Bertz CT molecular complexity index is 1080. The lowest BCUT2D eigenvalue weighted by Crippen LogP contribution is -2.15. The molecule has 3 aromatic rings. The highest BCUT2D eigenvalue weighted by molar-refractivity contribution is 6.31. The van der Waals surface area contributed by atoms with E-state index in [9.17, 15) is 9.59 Å². The van der Waals surface area contributed by atoms with Crippen molar-refractivity contribution in [3.63, 3.8) is 0 Å². The second-order valence-electron chi connectivity index (χ2n) is 6.95. The van der Waals surface area contributed by atoms with E-state index in [-0.39, 0.29) is 18.1 Å². The minimum absolute atomic E-state index is 0.0232. The average molecular weight is 442 g/mol. The summed E-state index contributed by atoms with van der Waals surface area (Å²) >= 11 is 12.4. The topological polar surface area (TPSA) is 75.6 Å². The first-order valence-corrected chi connectivity index (χ1v) is 10.0. The molecule has 3 aromatic carbocycles. The van der Waals surface area contributed by atoms with Crippen LogP contribution in [0.25, 0.3) is 11.1 Å². The fourth-order valence-electron chi connectivity index (χ4n) is 3.73. The second-order valence-corrected chi connectivity index (χ2v) is 7.82. The maximum Gasteiger partial charge on any atom is 0.411 e. The van der Waals surface area contributed by atoms with Gasteiger partial charge in [0.05, 0.1) is 12.2 Å². The molecule has 0 unspecified atom stereocenters. The molecule has 4 rings (SSSR count). The Labute approximate surface area is 183 Å². The Morgan fingerprint density at radius 2 is 1.47 bits per heavy atom. The first-order chi connectivity index (χ1) is 14.4. The van der Waals surface area contributed by atoms with Crippen LogP contribution in [0.15, 0.2) is 60.7 Å². The molecule has 0 spiro atoms. The Hall–Kier alpha value is -3.02. The number of aromatic carboxylic acids is 1. The SMILES string of the molecule is O=C(Nc1ccc(C(=O)O)cc1)OCCC1c2cc(Cl)ccc2-c2ccc(Cl)cc21. The van der Waals surface area contributed by atoms with Gasteiger partial charge < -0.3 is 9.84 Å². The molecular formula is C23H17Cl2NO4. The first kappa shape index (κ1) is 20.3. The number of amides is 1. The van der Waals surface area contributed by atoms with Gasteiger partial charge in [-0.25, -0.2) is 9.59 Å². The van der Waals surface area contributed by atoms with Crippen molar-refractivity contribution in [2.24, 2.45) is 0 Å². The van der Waals surface area contributed by atoms with Gasteiger partial charge in [0.2, 0.25) is 0 Å². The van der Waals surface area contributed by atoms with Crippen molar-refractivity contribution in [2.45, 2.75) is 12.3 Å². The maximum absolute atomic E-state index is 12.1. The molecule has 2 N–H and O–H groups in total. The first-order valence-electron chi connectivity index (χ1n) is 9.29. The third-order valence-corrected chi connectivity index (χ3v) is 5.56. The van der Waals surface area contributed by atoms with Gasteiger partial charge in [0.15, 0.2) is 0 Å². The number of hydrogen-bond acceptors (Lipinski definition) is 3. The number of nitrogens with one attached hydrogen (secondary N) is 1. The van der Waals surface area contributed by atoms with Crippen molar-refractivity contribution in [2.75, 3.05) is 11.9 Å². The summed E-state index contributed by atoms with van der Waals surface area (Å²) < 4.78 is 5.34. The number of benzene rings is 3. The maximum atomic E-state index is 12.1. The number of carboxylic acid groups (broad SMARTS) is 1. The van der Waals surface area contributed by atoms with Crippen molar-refractivity contribution < 1.29 is 19.4 Å². The zero-order valence-corrected chi connectivity index (χ0v) is 17.2. The van der Waals surface area contributed by atoms with E-state index in [1.54, 1.807) is 0 Å². The third-order valence-electron chi connectivity index (χ3n) is 5.09. The number of anilines is 1. The van der Waals surface area contributed by atoms with E-state index in [2.05, 4.69) is 5.32 Å². The molecule has 1 aliphatic carbocycles. The van der Waals surface area contributed by atoms with E-state index in [0.717, 1.165) is 22.3 Å². The fraction of sp³-hybridized carbons (Fsp3) is 0.130. The summed E-state index contributed by atoms with van der Waals surface area (Å²) in [7, 11) is 0. The van der Waals surface area contributed by atoms with Crippen LogP contribution in [0.5, 0.6) is 0 Å². The van der Waals surface area contributed by atoms with Crippen molar-refractivity contribution in [3.05, 3.63) is 87.4 Å². The van der Waals surface area contributed by atoms with Crippen LogP contribution in [-0.4, -0.2) is 23.8 Å². The van der Waals surface area contributed by atoms with E-state index in [1.807, 2.05) is 36.4 Å². The molecular weight excluding hydrogens is 425 g/mol. The van der Waals surface area contributed by atoms with Gasteiger partial charge in [0.1, 0.15) is 0 Å². The summed E-state index contributed by atoms with van der Waals surface area (Å²) in [5.74, 6) is -1.00. The van der Waals surface area contributed by atoms with E-state index in [1.165, 1.54) is 24.3 Å². The van der Waals surface area contributed by atoms with Crippen molar-refractivity contribution >= 4 is 41.0 Å². The molecule has 0 aromatic heterocycles. The lowest BCUT2D eigenvalue weighted by atomic mass is 9.94. The Morgan fingerprint density at radius 3 is 2.00 bits per heavy atom. The molecule has 5 nitrogen and oxygen atoms in total. The molecule has 30 heavy (non-hydrogen) atoms. The molecule has 152 valence electrons. The minimum Gasteiger partial charge on any atom is -0.478 e. The molecule has 0 fully saturated rings. The number of ether oxygens (including phenoxy) is 1. The zero-order valence-electron chi connectivity index (χ0n) is 15.7. The van der Waals surface area contributed by atoms with Gasteiger partial charge >= 0.3 is 12.1 Å². The van der Waals surface area contributed by atoms with Gasteiger partial charge in [0, 0.05) is 21.7 Å². The van der Waals surface area contributed by atoms with Gasteiger partial charge in [-0.1, -0.05) is 35.3 Å². The van der Waals surface area contributed by atoms with Crippen LogP contribution in [-0.2, 0) is 4.74 Å². The predicted octanol–water partition coefficient (Wildman–Crippen LogP) is 6.44. The van der Waals surface area contributed by atoms with Crippen LogP contribution in [0, 0.1) is 0 Å². The molecule has 0 bridgehead atoms. The standard InChI is InChI=1S/C23H17Cl2NO4/c24-14-3-7-17-18-8-4-15(25)12-21(18)19(20(17)11-14)9-10-30-23(29)26-16-5-1-13(2-6-16)22(27)28/h1-8,11-12,19H,9-10H2,(H,26,29)(H,27,28). The second kappa shape index (κ2) is 8.38. The van der Waals surface area contributed by atoms with Crippen molar-refractivity contribution in [3.8, 4) is 11.1 Å². The lowest BCUT2D eigenvalue weighted by molar-refractivity contribution is 0.0697. The average Bonchev–Trinajstić information content (AvgIpc) is 3.00. The van der Waals surface area contributed by atoms with E-state index in [4.69, 9.17) is 33.0 Å². The monoisotopic (exact) mass is 441 g/mol. The van der Waals surface area contributed by atoms with Crippen molar-refractivity contribution in [1.29, 1.82) is 0 Å². The van der Waals surface area contributed by atoms with E-state index >= 15 is 0 Å². The molecule has 0 heterocycles. The third kappa shape index (κ3) is 4.13. The summed E-state index contributed by atoms with van der Waals surface area (Å²) in [5, 5.41) is 12.8. The molecule has 0 radical (unpaired) electrons. The highest BCUT2D eigenvalue weighted by atomic mass is 35.5. The van der Waals surface area contributed by atoms with Crippen LogP contribution >= 0.6 is 23.2 Å². The van der Waals surface area contributed by atoms with Crippen LogP contribution in [0.4, 0.5) is 10.5 Å². The summed E-state index contributed by atoms with van der Waals surface area (Å²) in [6.45, 7) is 0.196. The van der Waals surface area contributed by atoms with Gasteiger partial charge in [-0.15, -0.1) is 0 Å². The highest BCUT2D eigenvalue weighted by Gasteiger charge is 2.29. The Kier molecular flexibility index (Phi) is 5.66. The van der Waals surface area contributed by atoms with Gasteiger partial charge in [-0.3, -0.25) is 5.32 Å². The number of carboxylic acids is 1. The summed E-state index contributed by atoms with van der Waals surface area (Å²) in [4.78, 5) is 23.0. The quantitative estimate of drug-likeness (QED) is 0.477. The van der Waals surface area contributed by atoms with Gasteiger partial charge in [-0.2, -0.15) is 0 Å². The normalized spacial score (nSPS) is 12.2. The van der Waals surface area contributed by atoms with Crippen LogP contribution in [0.3, 0.4) is 0 Å².